The second kappa shape index (κ2) is 5.30. The fraction of sp³-hybridized carbons (Fsp3) is 0.500. The van der Waals surface area contributed by atoms with Gasteiger partial charge < -0.3 is 4.74 Å². The highest BCUT2D eigenvalue weighted by molar-refractivity contribution is 5.30. The standard InChI is InChI=1S/C14H19N5O/c1-14(2)11-18(8-9-20-14)10-13-15-16-17-19(13)12-6-4-3-5-7-12/h3-7H,8-11H2,1-2H3. The Morgan fingerprint density at radius 2 is 2.05 bits per heavy atom. The molecule has 2 aromatic rings. The van der Waals surface area contributed by atoms with E-state index in [4.69, 9.17) is 4.74 Å². The predicted octanol–water partition coefficient (Wildman–Crippen LogP) is 1.27. The molecule has 6 heteroatoms. The van der Waals surface area contributed by atoms with E-state index in [9.17, 15) is 0 Å². The van der Waals surface area contributed by atoms with Crippen LogP contribution in [0.4, 0.5) is 0 Å². The van der Waals surface area contributed by atoms with Gasteiger partial charge in [-0.3, -0.25) is 4.90 Å². The van der Waals surface area contributed by atoms with Crippen LogP contribution in [-0.2, 0) is 11.3 Å². The number of aromatic nitrogens is 4. The van der Waals surface area contributed by atoms with Crippen molar-refractivity contribution in [1.82, 2.24) is 25.1 Å². The molecule has 1 aromatic carbocycles. The number of morpholine rings is 1. The lowest BCUT2D eigenvalue weighted by Crippen LogP contribution is -2.48. The van der Waals surface area contributed by atoms with E-state index < -0.39 is 0 Å². The lowest BCUT2D eigenvalue weighted by molar-refractivity contribution is -0.0889. The molecule has 0 saturated carbocycles. The number of hydrogen-bond acceptors (Lipinski definition) is 5. The average molecular weight is 273 g/mol. The van der Waals surface area contributed by atoms with Crippen LogP contribution in [0.25, 0.3) is 5.69 Å². The molecule has 1 aliphatic heterocycles. The van der Waals surface area contributed by atoms with Crippen LogP contribution in [0.5, 0.6) is 0 Å². The Kier molecular flexibility index (Phi) is 3.50. The maximum atomic E-state index is 5.73. The molecule has 0 unspecified atom stereocenters. The van der Waals surface area contributed by atoms with Gasteiger partial charge in [-0.25, -0.2) is 0 Å². The molecule has 0 N–H and O–H groups in total. The smallest absolute Gasteiger partial charge is 0.170 e. The third-order valence-electron chi connectivity index (χ3n) is 3.40. The number of tetrazole rings is 1. The third-order valence-corrected chi connectivity index (χ3v) is 3.40. The van der Waals surface area contributed by atoms with Crippen LogP contribution in [-0.4, -0.2) is 50.4 Å². The van der Waals surface area contributed by atoms with E-state index in [1.807, 2.05) is 30.3 Å². The number of para-hydroxylation sites is 1. The van der Waals surface area contributed by atoms with Gasteiger partial charge in [0.1, 0.15) is 0 Å². The minimum atomic E-state index is -0.108. The van der Waals surface area contributed by atoms with Crippen molar-refractivity contribution in [2.45, 2.75) is 26.0 Å². The molecule has 1 fully saturated rings. The minimum absolute atomic E-state index is 0.108. The highest BCUT2D eigenvalue weighted by Crippen LogP contribution is 2.18. The molecule has 0 amide bonds. The zero-order chi connectivity index (χ0) is 14.0. The Labute approximate surface area is 118 Å². The molecule has 106 valence electrons. The lowest BCUT2D eigenvalue weighted by atomic mass is 10.1. The Bertz CT molecular complexity index is 566. The summed E-state index contributed by atoms with van der Waals surface area (Å²) in [5.41, 5.74) is 0.878. The summed E-state index contributed by atoms with van der Waals surface area (Å²) in [7, 11) is 0. The van der Waals surface area contributed by atoms with Crippen LogP contribution in [0, 0.1) is 0 Å². The highest BCUT2D eigenvalue weighted by Gasteiger charge is 2.28. The van der Waals surface area contributed by atoms with E-state index in [-0.39, 0.29) is 5.60 Å². The van der Waals surface area contributed by atoms with Gasteiger partial charge in [0, 0.05) is 13.1 Å². The number of benzene rings is 1. The molecule has 0 atom stereocenters. The first-order valence-electron chi connectivity index (χ1n) is 6.83. The fourth-order valence-electron chi connectivity index (χ4n) is 2.52. The topological polar surface area (TPSA) is 56.1 Å². The molecule has 3 rings (SSSR count). The van der Waals surface area contributed by atoms with E-state index in [1.54, 1.807) is 4.68 Å². The Balaban J connectivity index is 1.77. The Hall–Kier alpha value is -1.79. The van der Waals surface area contributed by atoms with Gasteiger partial charge in [0.15, 0.2) is 5.82 Å². The lowest BCUT2D eigenvalue weighted by Gasteiger charge is -2.37. The maximum absolute atomic E-state index is 5.73. The summed E-state index contributed by atoms with van der Waals surface area (Å²) in [5.74, 6) is 0.855. The maximum Gasteiger partial charge on any atom is 0.170 e. The molecule has 0 bridgehead atoms. The van der Waals surface area contributed by atoms with E-state index >= 15 is 0 Å². The Morgan fingerprint density at radius 1 is 1.25 bits per heavy atom. The monoisotopic (exact) mass is 273 g/mol. The van der Waals surface area contributed by atoms with E-state index in [1.165, 1.54) is 0 Å². The molecular weight excluding hydrogens is 254 g/mol. The summed E-state index contributed by atoms with van der Waals surface area (Å²) in [6, 6.07) is 9.96. The number of ether oxygens (including phenoxy) is 1. The van der Waals surface area contributed by atoms with Crippen LogP contribution < -0.4 is 0 Å². The molecule has 1 aromatic heterocycles. The largest absolute Gasteiger partial charge is 0.373 e. The van der Waals surface area contributed by atoms with Crippen LogP contribution in [0.3, 0.4) is 0 Å². The number of nitrogens with zero attached hydrogens (tertiary/aromatic N) is 5. The quantitative estimate of drug-likeness (QED) is 0.843. The van der Waals surface area contributed by atoms with Crippen LogP contribution in [0.1, 0.15) is 19.7 Å². The number of rotatable bonds is 3. The zero-order valence-electron chi connectivity index (χ0n) is 11.9. The van der Waals surface area contributed by atoms with E-state index in [0.29, 0.717) is 0 Å². The van der Waals surface area contributed by atoms with Crippen molar-refractivity contribution in [2.24, 2.45) is 0 Å². The van der Waals surface area contributed by atoms with Gasteiger partial charge in [-0.2, -0.15) is 4.68 Å². The minimum Gasteiger partial charge on any atom is -0.373 e. The van der Waals surface area contributed by atoms with Crippen LogP contribution in [0.2, 0.25) is 0 Å². The molecule has 6 nitrogen and oxygen atoms in total. The summed E-state index contributed by atoms with van der Waals surface area (Å²) >= 11 is 0. The summed E-state index contributed by atoms with van der Waals surface area (Å²) in [4.78, 5) is 2.33. The molecule has 2 heterocycles. The molecule has 0 aliphatic carbocycles. The third kappa shape index (κ3) is 2.86. The van der Waals surface area contributed by atoms with Crippen molar-refractivity contribution in [2.75, 3.05) is 19.7 Å². The van der Waals surface area contributed by atoms with Crippen molar-refractivity contribution in [3.05, 3.63) is 36.2 Å². The normalized spacial score (nSPS) is 19.1. The van der Waals surface area contributed by atoms with E-state index in [2.05, 4.69) is 34.3 Å². The molecule has 0 radical (unpaired) electrons. The van der Waals surface area contributed by atoms with Crippen molar-refractivity contribution in [3.63, 3.8) is 0 Å². The van der Waals surface area contributed by atoms with Gasteiger partial charge in [-0.1, -0.05) is 18.2 Å². The van der Waals surface area contributed by atoms with Crippen LogP contribution >= 0.6 is 0 Å². The van der Waals surface area contributed by atoms with Crippen molar-refractivity contribution >= 4 is 0 Å². The van der Waals surface area contributed by atoms with Crippen molar-refractivity contribution in [1.29, 1.82) is 0 Å². The molecule has 20 heavy (non-hydrogen) atoms. The summed E-state index contributed by atoms with van der Waals surface area (Å²) in [5, 5.41) is 12.0. The summed E-state index contributed by atoms with van der Waals surface area (Å²) in [6.45, 7) is 7.49. The molecule has 0 spiro atoms. The van der Waals surface area contributed by atoms with Gasteiger partial charge in [0.25, 0.3) is 0 Å². The van der Waals surface area contributed by atoms with E-state index in [0.717, 1.165) is 37.8 Å². The van der Waals surface area contributed by atoms with Gasteiger partial charge in [-0.15, -0.1) is 5.10 Å². The van der Waals surface area contributed by atoms with Crippen molar-refractivity contribution < 1.29 is 4.74 Å². The molecule has 1 aliphatic rings. The second-order valence-corrected chi connectivity index (χ2v) is 5.66. The van der Waals surface area contributed by atoms with Crippen molar-refractivity contribution in [3.8, 4) is 5.69 Å². The highest BCUT2D eigenvalue weighted by atomic mass is 16.5. The average Bonchev–Trinajstić information content (AvgIpc) is 2.87. The predicted molar refractivity (Wildman–Crippen MR) is 74.5 cm³/mol. The van der Waals surface area contributed by atoms with Crippen LogP contribution in [0.15, 0.2) is 30.3 Å². The first kappa shape index (κ1) is 13.2. The zero-order valence-corrected chi connectivity index (χ0v) is 11.9. The molecule has 1 saturated heterocycles. The summed E-state index contributed by atoms with van der Waals surface area (Å²) < 4.78 is 7.52. The first-order chi connectivity index (χ1) is 9.64. The fourth-order valence-corrected chi connectivity index (χ4v) is 2.52. The second-order valence-electron chi connectivity index (χ2n) is 5.66. The van der Waals surface area contributed by atoms with Gasteiger partial charge in [0.2, 0.25) is 0 Å². The van der Waals surface area contributed by atoms with Gasteiger partial charge >= 0.3 is 0 Å². The first-order valence-corrected chi connectivity index (χ1v) is 6.83. The SMILES string of the molecule is CC1(C)CN(Cc2nnnn2-c2ccccc2)CCO1. The van der Waals surface area contributed by atoms with Gasteiger partial charge in [-0.05, 0) is 36.4 Å². The number of hydrogen-bond donors (Lipinski definition) is 0. The van der Waals surface area contributed by atoms with Gasteiger partial charge in [0.05, 0.1) is 24.4 Å². The Morgan fingerprint density at radius 3 is 2.80 bits per heavy atom. The molecular formula is C14H19N5O. The summed E-state index contributed by atoms with van der Waals surface area (Å²) in [6.07, 6.45) is 0.